The maximum atomic E-state index is 8.90. The standard InChI is InChI=1S/C11H11NO3/c12-5-9(6-13)3-8-1-2-10-11(4-8)15-7-14-10/h1-2,4,9,13H,3,6-7H2/t9-/m1/s1. The third kappa shape index (κ3) is 2.03. The summed E-state index contributed by atoms with van der Waals surface area (Å²) in [6.45, 7) is 0.130. The molecule has 0 unspecified atom stereocenters. The number of nitriles is 1. The zero-order valence-corrected chi connectivity index (χ0v) is 8.14. The summed E-state index contributed by atoms with van der Waals surface area (Å²) in [5, 5.41) is 17.6. The van der Waals surface area contributed by atoms with Crippen LogP contribution in [0, 0.1) is 17.2 Å². The number of ether oxygens (including phenoxy) is 2. The molecule has 1 aliphatic rings. The summed E-state index contributed by atoms with van der Waals surface area (Å²) < 4.78 is 10.4. The zero-order valence-electron chi connectivity index (χ0n) is 8.14. The molecule has 1 N–H and O–H groups in total. The number of aliphatic hydroxyl groups excluding tert-OH is 1. The average molecular weight is 205 g/mol. The van der Waals surface area contributed by atoms with Crippen LogP contribution in [-0.4, -0.2) is 18.5 Å². The number of hydrogen-bond donors (Lipinski definition) is 1. The quantitative estimate of drug-likeness (QED) is 0.802. The molecule has 78 valence electrons. The Balaban J connectivity index is 2.13. The fourth-order valence-corrected chi connectivity index (χ4v) is 1.50. The Morgan fingerprint density at radius 3 is 2.93 bits per heavy atom. The Hall–Kier alpha value is -1.73. The van der Waals surface area contributed by atoms with Crippen molar-refractivity contribution in [3.63, 3.8) is 0 Å². The summed E-state index contributed by atoms with van der Waals surface area (Å²) in [5.41, 5.74) is 0.972. The van der Waals surface area contributed by atoms with Crippen LogP contribution in [0.3, 0.4) is 0 Å². The molecule has 1 heterocycles. The number of nitrogens with zero attached hydrogens (tertiary/aromatic N) is 1. The Kier molecular flexibility index (Phi) is 2.75. The molecule has 2 rings (SSSR count). The number of rotatable bonds is 3. The highest BCUT2D eigenvalue weighted by Crippen LogP contribution is 2.32. The summed E-state index contributed by atoms with van der Waals surface area (Å²) in [6.07, 6.45) is 0.531. The fraction of sp³-hybridized carbons (Fsp3) is 0.364. The van der Waals surface area contributed by atoms with Crippen LogP contribution in [0.5, 0.6) is 11.5 Å². The van der Waals surface area contributed by atoms with Crippen LogP contribution < -0.4 is 9.47 Å². The van der Waals surface area contributed by atoms with Crippen LogP contribution in [0.15, 0.2) is 18.2 Å². The van der Waals surface area contributed by atoms with Crippen molar-refractivity contribution in [2.75, 3.05) is 13.4 Å². The Morgan fingerprint density at radius 2 is 2.20 bits per heavy atom. The van der Waals surface area contributed by atoms with Gasteiger partial charge in [-0.3, -0.25) is 0 Å². The predicted octanol–water partition coefficient (Wildman–Crippen LogP) is 1.09. The topological polar surface area (TPSA) is 62.5 Å². The van der Waals surface area contributed by atoms with Gasteiger partial charge in [-0.15, -0.1) is 0 Å². The molecule has 15 heavy (non-hydrogen) atoms. The second-order valence-electron chi connectivity index (χ2n) is 3.40. The molecular weight excluding hydrogens is 194 g/mol. The van der Waals surface area contributed by atoms with Gasteiger partial charge in [-0.05, 0) is 24.1 Å². The first kappa shape index (κ1) is 9.81. The van der Waals surface area contributed by atoms with Gasteiger partial charge in [0.15, 0.2) is 11.5 Å². The van der Waals surface area contributed by atoms with Gasteiger partial charge in [-0.25, -0.2) is 0 Å². The molecule has 0 amide bonds. The molecule has 0 fully saturated rings. The van der Waals surface area contributed by atoms with Gasteiger partial charge >= 0.3 is 0 Å². The lowest BCUT2D eigenvalue weighted by molar-refractivity contribution is 0.174. The summed E-state index contributed by atoms with van der Waals surface area (Å²) in [7, 11) is 0. The zero-order chi connectivity index (χ0) is 10.7. The number of benzene rings is 1. The van der Waals surface area contributed by atoms with Crippen molar-refractivity contribution in [3.05, 3.63) is 23.8 Å². The highest BCUT2D eigenvalue weighted by atomic mass is 16.7. The summed E-state index contributed by atoms with van der Waals surface area (Å²) >= 11 is 0. The SMILES string of the molecule is N#C[C@H](CO)Cc1ccc2c(c1)OCO2. The second-order valence-corrected chi connectivity index (χ2v) is 3.40. The van der Waals surface area contributed by atoms with E-state index in [4.69, 9.17) is 19.8 Å². The van der Waals surface area contributed by atoms with Gasteiger partial charge in [0.05, 0.1) is 18.6 Å². The van der Waals surface area contributed by atoms with Crippen molar-refractivity contribution < 1.29 is 14.6 Å². The van der Waals surface area contributed by atoms with Gasteiger partial charge in [0.1, 0.15) is 0 Å². The molecule has 0 spiro atoms. The minimum Gasteiger partial charge on any atom is -0.454 e. The largest absolute Gasteiger partial charge is 0.454 e. The third-order valence-electron chi connectivity index (χ3n) is 2.32. The van der Waals surface area contributed by atoms with Crippen LogP contribution in [0.2, 0.25) is 0 Å². The van der Waals surface area contributed by atoms with Gasteiger partial charge in [-0.2, -0.15) is 5.26 Å². The average Bonchev–Trinajstić information content (AvgIpc) is 2.73. The van der Waals surface area contributed by atoms with Crippen LogP contribution >= 0.6 is 0 Å². The molecular formula is C11H11NO3. The summed E-state index contributed by atoms with van der Waals surface area (Å²) in [6, 6.07) is 7.60. The van der Waals surface area contributed by atoms with Crippen molar-refractivity contribution >= 4 is 0 Å². The van der Waals surface area contributed by atoms with E-state index in [9.17, 15) is 0 Å². The van der Waals surface area contributed by atoms with Gasteiger partial charge < -0.3 is 14.6 Å². The van der Waals surface area contributed by atoms with E-state index in [1.54, 1.807) is 0 Å². The Morgan fingerprint density at radius 1 is 1.40 bits per heavy atom. The molecule has 1 aromatic carbocycles. The van der Waals surface area contributed by atoms with E-state index < -0.39 is 0 Å². The first-order valence-corrected chi connectivity index (χ1v) is 4.72. The van der Waals surface area contributed by atoms with Crippen LogP contribution in [-0.2, 0) is 6.42 Å². The number of fused-ring (bicyclic) bond motifs is 1. The molecule has 0 bridgehead atoms. The van der Waals surface area contributed by atoms with Crippen LogP contribution in [0.1, 0.15) is 5.56 Å². The second kappa shape index (κ2) is 4.20. The predicted molar refractivity (Wildman–Crippen MR) is 52.5 cm³/mol. The van der Waals surface area contributed by atoms with E-state index in [2.05, 4.69) is 0 Å². The minimum absolute atomic E-state index is 0.120. The molecule has 1 aliphatic heterocycles. The lowest BCUT2D eigenvalue weighted by atomic mass is 10.0. The third-order valence-corrected chi connectivity index (χ3v) is 2.32. The number of aliphatic hydroxyl groups is 1. The molecule has 0 saturated carbocycles. The van der Waals surface area contributed by atoms with E-state index in [-0.39, 0.29) is 19.3 Å². The fourth-order valence-electron chi connectivity index (χ4n) is 1.50. The molecule has 0 aliphatic carbocycles. The summed E-state index contributed by atoms with van der Waals surface area (Å²) in [5.74, 6) is 1.09. The van der Waals surface area contributed by atoms with Crippen LogP contribution in [0.25, 0.3) is 0 Å². The summed E-state index contributed by atoms with van der Waals surface area (Å²) in [4.78, 5) is 0. The van der Waals surface area contributed by atoms with Crippen molar-refractivity contribution in [3.8, 4) is 17.6 Å². The van der Waals surface area contributed by atoms with Gasteiger partial charge in [-0.1, -0.05) is 6.07 Å². The molecule has 4 nitrogen and oxygen atoms in total. The van der Waals surface area contributed by atoms with E-state index in [0.717, 1.165) is 11.3 Å². The first-order valence-electron chi connectivity index (χ1n) is 4.72. The molecule has 0 radical (unpaired) electrons. The van der Waals surface area contributed by atoms with E-state index in [1.807, 2.05) is 24.3 Å². The van der Waals surface area contributed by atoms with Crippen molar-refractivity contribution in [1.29, 1.82) is 5.26 Å². The van der Waals surface area contributed by atoms with Gasteiger partial charge in [0.25, 0.3) is 0 Å². The lowest BCUT2D eigenvalue weighted by Gasteiger charge is -2.05. The molecule has 1 atom stereocenters. The normalized spacial score (nSPS) is 14.7. The van der Waals surface area contributed by atoms with Gasteiger partial charge in [0.2, 0.25) is 6.79 Å². The maximum absolute atomic E-state index is 8.90. The Bertz CT molecular complexity index is 397. The minimum atomic E-state index is -0.356. The van der Waals surface area contributed by atoms with Gasteiger partial charge in [0, 0.05) is 0 Å². The van der Waals surface area contributed by atoms with Crippen molar-refractivity contribution in [2.45, 2.75) is 6.42 Å². The highest BCUT2D eigenvalue weighted by Gasteiger charge is 2.14. The smallest absolute Gasteiger partial charge is 0.231 e. The lowest BCUT2D eigenvalue weighted by Crippen LogP contribution is -2.06. The Labute approximate surface area is 87.7 Å². The first-order chi connectivity index (χ1) is 7.33. The maximum Gasteiger partial charge on any atom is 0.231 e. The van der Waals surface area contributed by atoms with E-state index in [1.165, 1.54) is 0 Å². The number of hydrogen-bond acceptors (Lipinski definition) is 4. The molecule has 4 heteroatoms. The monoisotopic (exact) mass is 205 g/mol. The van der Waals surface area contributed by atoms with Crippen molar-refractivity contribution in [2.24, 2.45) is 5.92 Å². The van der Waals surface area contributed by atoms with Crippen LogP contribution in [0.4, 0.5) is 0 Å². The molecule has 1 aromatic rings. The molecule has 0 aromatic heterocycles. The van der Waals surface area contributed by atoms with E-state index >= 15 is 0 Å². The van der Waals surface area contributed by atoms with Crippen molar-refractivity contribution in [1.82, 2.24) is 0 Å². The molecule has 0 saturated heterocycles. The highest BCUT2D eigenvalue weighted by molar-refractivity contribution is 5.44. The van der Waals surface area contributed by atoms with E-state index in [0.29, 0.717) is 12.2 Å².